The first-order chi connectivity index (χ1) is 14.9. The van der Waals surface area contributed by atoms with Crippen LogP contribution in [0.1, 0.15) is 38.1 Å². The van der Waals surface area contributed by atoms with Crippen LogP contribution in [0.15, 0.2) is 39.7 Å². The Bertz CT molecular complexity index is 1260. The van der Waals surface area contributed by atoms with Crippen molar-refractivity contribution in [2.24, 2.45) is 5.73 Å². The van der Waals surface area contributed by atoms with Gasteiger partial charge in [-0.2, -0.15) is 0 Å². The number of hydrogen-bond acceptors (Lipinski definition) is 7. The summed E-state index contributed by atoms with van der Waals surface area (Å²) in [4.78, 5) is 51.9. The molecule has 3 heterocycles. The topological polar surface area (TPSA) is 132 Å². The van der Waals surface area contributed by atoms with E-state index in [1.807, 2.05) is 0 Å². The number of benzene rings is 1. The number of nitrogens with two attached hydrogens (primary N) is 1. The fraction of sp³-hybridized carbons (Fsp3) is 0.238. The normalized spacial score (nSPS) is 13.0. The van der Waals surface area contributed by atoms with Crippen LogP contribution in [0.3, 0.4) is 0 Å². The molecule has 0 unspecified atom stereocenters. The maximum Gasteiger partial charge on any atom is 0.410 e. The summed E-state index contributed by atoms with van der Waals surface area (Å²) < 4.78 is 10.4. The first kappa shape index (κ1) is 20.6. The number of hydrogen-bond donors (Lipinski definition) is 2. The van der Waals surface area contributed by atoms with Gasteiger partial charge in [0.1, 0.15) is 22.4 Å². The Kier molecular flexibility index (Phi) is 5.47. The van der Waals surface area contributed by atoms with Crippen LogP contribution < -0.4 is 16.5 Å². The van der Waals surface area contributed by atoms with E-state index in [0.717, 1.165) is 22.5 Å². The molecule has 2 aromatic heterocycles. The van der Waals surface area contributed by atoms with Crippen molar-refractivity contribution < 1.29 is 23.5 Å². The van der Waals surface area contributed by atoms with Crippen LogP contribution in [0.4, 0.5) is 9.80 Å². The van der Waals surface area contributed by atoms with E-state index in [2.05, 4.69) is 5.32 Å². The molecule has 0 spiro atoms. The molecule has 3 N–H and O–H groups in total. The van der Waals surface area contributed by atoms with E-state index < -0.39 is 23.3 Å². The largest absolute Gasteiger partial charge is 0.463 e. The first-order valence-electron chi connectivity index (χ1n) is 9.58. The number of nitrogens with one attached hydrogen (secondary N) is 1. The molecule has 4 rings (SSSR count). The zero-order valence-electron chi connectivity index (χ0n) is 16.6. The molecule has 0 bridgehead atoms. The van der Waals surface area contributed by atoms with Crippen molar-refractivity contribution in [2.75, 3.05) is 18.5 Å². The maximum atomic E-state index is 12.8. The summed E-state index contributed by atoms with van der Waals surface area (Å²) in [6.07, 6.45) is 1.05. The lowest BCUT2D eigenvalue weighted by atomic mass is 10.0. The minimum atomic E-state index is -0.706. The highest BCUT2D eigenvalue weighted by molar-refractivity contribution is 7.17. The van der Waals surface area contributed by atoms with Gasteiger partial charge in [-0.3, -0.25) is 14.4 Å². The van der Waals surface area contributed by atoms with Gasteiger partial charge in [-0.05, 0) is 31.0 Å². The van der Waals surface area contributed by atoms with Crippen LogP contribution in [-0.4, -0.2) is 36.0 Å². The van der Waals surface area contributed by atoms with Gasteiger partial charge < -0.3 is 25.1 Å². The van der Waals surface area contributed by atoms with Crippen molar-refractivity contribution in [1.29, 1.82) is 0 Å². The minimum Gasteiger partial charge on any atom is -0.463 e. The van der Waals surface area contributed by atoms with E-state index in [1.54, 1.807) is 31.2 Å². The Hall–Kier alpha value is -3.66. The van der Waals surface area contributed by atoms with Crippen LogP contribution in [0.5, 0.6) is 0 Å². The van der Waals surface area contributed by atoms with Gasteiger partial charge in [0.25, 0.3) is 11.8 Å². The summed E-state index contributed by atoms with van der Waals surface area (Å²) in [5.74, 6) is -1.40. The predicted molar refractivity (Wildman–Crippen MR) is 114 cm³/mol. The van der Waals surface area contributed by atoms with Gasteiger partial charge >= 0.3 is 6.09 Å². The molecule has 1 aliphatic rings. The molecule has 1 aromatic carbocycles. The maximum absolute atomic E-state index is 12.8. The molecule has 1 aliphatic heterocycles. The lowest BCUT2D eigenvalue weighted by Gasteiger charge is -2.26. The quantitative estimate of drug-likeness (QED) is 0.640. The third-order valence-corrected chi connectivity index (χ3v) is 6.11. The summed E-state index contributed by atoms with van der Waals surface area (Å²) >= 11 is 1.15. The fourth-order valence-electron chi connectivity index (χ4n) is 3.53. The zero-order chi connectivity index (χ0) is 22.1. The second-order valence-electron chi connectivity index (χ2n) is 6.87. The molecule has 0 atom stereocenters. The second kappa shape index (κ2) is 8.23. The Morgan fingerprint density at radius 1 is 1.29 bits per heavy atom. The van der Waals surface area contributed by atoms with E-state index >= 15 is 0 Å². The average Bonchev–Trinajstić information content (AvgIpc) is 3.11. The summed E-state index contributed by atoms with van der Waals surface area (Å²) in [5, 5.41) is 3.14. The highest BCUT2D eigenvalue weighted by atomic mass is 32.1. The number of ether oxygens (including phenoxy) is 1. The number of anilines is 1. The van der Waals surface area contributed by atoms with Crippen LogP contribution in [-0.2, 0) is 17.7 Å². The number of rotatable bonds is 4. The summed E-state index contributed by atoms with van der Waals surface area (Å²) in [5.41, 5.74) is 6.17. The number of carbonyl (C=O) groups is 3. The monoisotopic (exact) mass is 441 g/mol. The molecule has 0 radical (unpaired) electrons. The molecule has 3 aromatic rings. The number of amides is 3. The van der Waals surface area contributed by atoms with E-state index in [9.17, 15) is 19.2 Å². The van der Waals surface area contributed by atoms with Gasteiger partial charge in [0.05, 0.1) is 24.1 Å². The van der Waals surface area contributed by atoms with E-state index in [1.165, 1.54) is 4.90 Å². The highest BCUT2D eigenvalue weighted by Crippen LogP contribution is 2.37. The molecule has 0 fully saturated rings. The SMILES string of the molecule is CCOC(=O)N1CCc2c(sc(NC(=O)c3coc4ccccc4c3=O)c2C(N)=O)C1. The standard InChI is InChI=1S/C21H19N3O6S/c1-2-29-21(28)24-8-7-12-15(9-24)31-20(16(12)18(22)26)23-19(27)13-10-30-14-6-4-3-5-11(14)17(13)25/h3-6,10H,2,7-9H2,1H3,(H2,22,26)(H,23,27). The van der Waals surface area contributed by atoms with Gasteiger partial charge in [0, 0.05) is 11.4 Å². The predicted octanol–water partition coefficient (Wildman–Crippen LogP) is 2.72. The summed E-state index contributed by atoms with van der Waals surface area (Å²) in [6.45, 7) is 2.59. The zero-order valence-corrected chi connectivity index (χ0v) is 17.4. The van der Waals surface area contributed by atoms with E-state index in [0.29, 0.717) is 24.1 Å². The van der Waals surface area contributed by atoms with Crippen LogP contribution in [0.2, 0.25) is 0 Å². The highest BCUT2D eigenvalue weighted by Gasteiger charge is 2.30. The van der Waals surface area contributed by atoms with E-state index in [-0.39, 0.29) is 34.7 Å². The average molecular weight is 441 g/mol. The Morgan fingerprint density at radius 3 is 2.81 bits per heavy atom. The Morgan fingerprint density at radius 2 is 2.06 bits per heavy atom. The Labute approximate surface area is 180 Å². The summed E-state index contributed by atoms with van der Waals surface area (Å²) in [7, 11) is 0. The molecule has 0 saturated carbocycles. The number of thiophene rings is 1. The van der Waals surface area contributed by atoms with Crippen LogP contribution in [0.25, 0.3) is 11.0 Å². The lowest BCUT2D eigenvalue weighted by Crippen LogP contribution is -2.36. The number of carbonyl (C=O) groups excluding carboxylic acids is 3. The Balaban J connectivity index is 1.66. The van der Waals surface area contributed by atoms with Gasteiger partial charge in [0.2, 0.25) is 5.43 Å². The van der Waals surface area contributed by atoms with Crippen molar-refractivity contribution in [3.8, 4) is 0 Å². The number of para-hydroxylation sites is 1. The molecule has 10 heteroatoms. The summed E-state index contributed by atoms with van der Waals surface area (Å²) in [6, 6.07) is 6.60. The molecule has 0 saturated heterocycles. The van der Waals surface area contributed by atoms with Gasteiger partial charge in [-0.1, -0.05) is 12.1 Å². The minimum absolute atomic E-state index is 0.186. The van der Waals surface area contributed by atoms with Crippen molar-refractivity contribution in [2.45, 2.75) is 19.9 Å². The molecular formula is C21H19N3O6S. The van der Waals surface area contributed by atoms with Crippen LogP contribution in [0, 0.1) is 0 Å². The first-order valence-corrected chi connectivity index (χ1v) is 10.4. The molecule has 160 valence electrons. The molecule has 31 heavy (non-hydrogen) atoms. The fourth-order valence-corrected chi connectivity index (χ4v) is 4.79. The molecule has 9 nitrogen and oxygen atoms in total. The van der Waals surface area contributed by atoms with Crippen molar-refractivity contribution >= 4 is 45.2 Å². The molecule has 0 aliphatic carbocycles. The van der Waals surface area contributed by atoms with Crippen molar-refractivity contribution in [3.05, 3.63) is 62.3 Å². The van der Waals surface area contributed by atoms with Gasteiger partial charge in [-0.15, -0.1) is 11.3 Å². The third-order valence-electron chi connectivity index (χ3n) is 4.98. The second-order valence-corrected chi connectivity index (χ2v) is 7.98. The van der Waals surface area contributed by atoms with Crippen molar-refractivity contribution in [1.82, 2.24) is 4.90 Å². The van der Waals surface area contributed by atoms with Gasteiger partial charge in [-0.25, -0.2) is 4.79 Å². The number of fused-ring (bicyclic) bond motifs is 2. The lowest BCUT2D eigenvalue weighted by molar-refractivity contribution is 0.0997. The number of nitrogens with zero attached hydrogens (tertiary/aromatic N) is 1. The van der Waals surface area contributed by atoms with Gasteiger partial charge in [0.15, 0.2) is 0 Å². The van der Waals surface area contributed by atoms with Crippen molar-refractivity contribution in [3.63, 3.8) is 0 Å². The smallest absolute Gasteiger partial charge is 0.410 e. The van der Waals surface area contributed by atoms with Crippen LogP contribution >= 0.6 is 11.3 Å². The molecular weight excluding hydrogens is 422 g/mol. The third kappa shape index (κ3) is 3.77. The molecule has 3 amide bonds. The number of primary amides is 1. The van der Waals surface area contributed by atoms with E-state index in [4.69, 9.17) is 14.9 Å².